The van der Waals surface area contributed by atoms with Gasteiger partial charge in [0.25, 0.3) is 0 Å². The number of aromatic nitrogens is 3. The van der Waals surface area contributed by atoms with Gasteiger partial charge in [-0.2, -0.15) is 4.98 Å². The second-order valence-electron chi connectivity index (χ2n) is 7.73. The summed E-state index contributed by atoms with van der Waals surface area (Å²) in [5.74, 6) is 2.29. The molecule has 0 radical (unpaired) electrons. The molecule has 8 heteroatoms. The van der Waals surface area contributed by atoms with Crippen LogP contribution in [0.15, 0.2) is 9.90 Å². The Morgan fingerprint density at radius 1 is 1.44 bits per heavy atom. The van der Waals surface area contributed by atoms with Gasteiger partial charge in [-0.3, -0.25) is 9.69 Å². The second-order valence-corrected chi connectivity index (χ2v) is 8.59. The van der Waals surface area contributed by atoms with Gasteiger partial charge in [-0.15, -0.1) is 11.3 Å². The normalized spacial score (nSPS) is 18.1. The van der Waals surface area contributed by atoms with Crippen LogP contribution in [0, 0.1) is 5.92 Å². The fourth-order valence-electron chi connectivity index (χ4n) is 3.28. The van der Waals surface area contributed by atoms with E-state index in [9.17, 15) is 4.79 Å². The van der Waals surface area contributed by atoms with Crippen LogP contribution in [0.2, 0.25) is 0 Å². The van der Waals surface area contributed by atoms with Gasteiger partial charge in [0, 0.05) is 37.2 Å². The first-order valence-electron chi connectivity index (χ1n) is 9.78. The first-order chi connectivity index (χ1) is 13.0. The quantitative estimate of drug-likeness (QED) is 0.736. The maximum Gasteiger partial charge on any atom is 0.226 e. The number of hydrogen-bond donors (Lipinski definition) is 1. The summed E-state index contributed by atoms with van der Waals surface area (Å²) in [4.78, 5) is 23.5. The van der Waals surface area contributed by atoms with Crippen molar-refractivity contribution < 1.29 is 9.32 Å². The lowest BCUT2D eigenvalue weighted by atomic mass is 10.0. The van der Waals surface area contributed by atoms with E-state index in [4.69, 9.17) is 4.52 Å². The van der Waals surface area contributed by atoms with E-state index < -0.39 is 0 Å². The Morgan fingerprint density at radius 3 is 3.04 bits per heavy atom. The standard InChI is InChI=1S/C19H29N5O2S/c1-13(2)18-22-17(26-23-18)8-4-7-16(25)21-19-20-15(12-27-19)11-24-9-5-6-14(3)10-24/h12-14H,4-11H2,1-3H3,(H,20,21,25). The van der Waals surface area contributed by atoms with Crippen molar-refractivity contribution in [1.82, 2.24) is 20.0 Å². The molecule has 0 aliphatic carbocycles. The van der Waals surface area contributed by atoms with E-state index in [0.717, 1.165) is 31.2 Å². The van der Waals surface area contributed by atoms with Gasteiger partial charge < -0.3 is 9.84 Å². The summed E-state index contributed by atoms with van der Waals surface area (Å²) in [5.41, 5.74) is 1.04. The zero-order chi connectivity index (χ0) is 19.2. The van der Waals surface area contributed by atoms with Crippen LogP contribution in [0.1, 0.15) is 69.8 Å². The highest BCUT2D eigenvalue weighted by atomic mass is 32.1. The molecular weight excluding hydrogens is 362 g/mol. The third-order valence-corrected chi connectivity index (χ3v) is 5.53. The first-order valence-corrected chi connectivity index (χ1v) is 10.7. The third kappa shape index (κ3) is 6.10. The molecule has 27 heavy (non-hydrogen) atoms. The van der Waals surface area contributed by atoms with E-state index in [-0.39, 0.29) is 11.8 Å². The molecule has 7 nitrogen and oxygen atoms in total. The zero-order valence-electron chi connectivity index (χ0n) is 16.4. The smallest absolute Gasteiger partial charge is 0.226 e. The molecule has 1 atom stereocenters. The number of carbonyl (C=O) groups excluding carboxylic acids is 1. The van der Waals surface area contributed by atoms with Crippen molar-refractivity contribution in [2.75, 3.05) is 18.4 Å². The third-order valence-electron chi connectivity index (χ3n) is 4.72. The number of amides is 1. The van der Waals surface area contributed by atoms with Crippen LogP contribution in [-0.4, -0.2) is 39.0 Å². The van der Waals surface area contributed by atoms with Crippen molar-refractivity contribution in [2.45, 2.75) is 65.3 Å². The number of carbonyl (C=O) groups is 1. The minimum absolute atomic E-state index is 0.0221. The van der Waals surface area contributed by atoms with Gasteiger partial charge in [0.15, 0.2) is 11.0 Å². The number of hydrogen-bond acceptors (Lipinski definition) is 7. The van der Waals surface area contributed by atoms with Crippen LogP contribution in [0.3, 0.4) is 0 Å². The van der Waals surface area contributed by atoms with E-state index in [1.165, 1.54) is 24.2 Å². The van der Waals surface area contributed by atoms with Crippen molar-refractivity contribution in [3.8, 4) is 0 Å². The lowest BCUT2D eigenvalue weighted by Gasteiger charge is -2.30. The number of thiazole rings is 1. The highest BCUT2D eigenvalue weighted by Crippen LogP contribution is 2.21. The number of nitrogens with one attached hydrogen (secondary N) is 1. The van der Waals surface area contributed by atoms with Gasteiger partial charge in [0.2, 0.25) is 11.8 Å². The number of anilines is 1. The molecule has 1 aliphatic heterocycles. The highest BCUT2D eigenvalue weighted by molar-refractivity contribution is 7.13. The Hall–Kier alpha value is -1.80. The molecule has 0 saturated carbocycles. The molecule has 0 aromatic carbocycles. The number of likely N-dealkylation sites (tertiary alicyclic amines) is 1. The van der Waals surface area contributed by atoms with Crippen LogP contribution in [0.25, 0.3) is 0 Å². The van der Waals surface area contributed by atoms with Crippen LogP contribution in [0.4, 0.5) is 5.13 Å². The summed E-state index contributed by atoms with van der Waals surface area (Å²) in [6.07, 6.45) is 4.28. The van der Waals surface area contributed by atoms with Gasteiger partial charge >= 0.3 is 0 Å². The Balaban J connectivity index is 1.39. The Kier molecular flexibility index (Phi) is 6.95. The number of piperidine rings is 1. The highest BCUT2D eigenvalue weighted by Gasteiger charge is 2.17. The Morgan fingerprint density at radius 2 is 2.30 bits per heavy atom. The van der Waals surface area contributed by atoms with E-state index in [1.54, 1.807) is 0 Å². The Labute approximate surface area is 164 Å². The minimum atomic E-state index is -0.0221. The molecule has 1 unspecified atom stereocenters. The molecule has 1 N–H and O–H groups in total. The molecular formula is C19H29N5O2S. The van der Waals surface area contributed by atoms with E-state index in [2.05, 4.69) is 32.3 Å². The van der Waals surface area contributed by atoms with Crippen molar-refractivity contribution in [3.63, 3.8) is 0 Å². The summed E-state index contributed by atoms with van der Waals surface area (Å²) in [6.45, 7) is 9.49. The van der Waals surface area contributed by atoms with Gasteiger partial charge in [-0.1, -0.05) is 25.9 Å². The average molecular weight is 392 g/mol. The van der Waals surface area contributed by atoms with Gasteiger partial charge in [-0.05, 0) is 31.7 Å². The minimum Gasteiger partial charge on any atom is -0.339 e. The summed E-state index contributed by atoms with van der Waals surface area (Å²) >= 11 is 1.49. The Bertz CT molecular complexity index is 742. The molecule has 1 aliphatic rings. The molecule has 0 spiro atoms. The lowest BCUT2D eigenvalue weighted by Crippen LogP contribution is -2.33. The summed E-state index contributed by atoms with van der Waals surface area (Å²) in [7, 11) is 0. The molecule has 2 aromatic heterocycles. The fourth-order valence-corrected chi connectivity index (χ4v) is 4.00. The van der Waals surface area contributed by atoms with Crippen molar-refractivity contribution in [2.24, 2.45) is 5.92 Å². The van der Waals surface area contributed by atoms with Crippen molar-refractivity contribution in [1.29, 1.82) is 0 Å². The van der Waals surface area contributed by atoms with E-state index in [1.807, 2.05) is 19.2 Å². The van der Waals surface area contributed by atoms with Gasteiger partial charge in [-0.25, -0.2) is 4.98 Å². The van der Waals surface area contributed by atoms with Crippen molar-refractivity contribution >= 4 is 22.4 Å². The number of rotatable bonds is 8. The van der Waals surface area contributed by atoms with E-state index >= 15 is 0 Å². The van der Waals surface area contributed by atoms with Crippen LogP contribution in [0.5, 0.6) is 0 Å². The molecule has 3 heterocycles. The maximum atomic E-state index is 12.1. The predicted octanol–water partition coefficient (Wildman–Crippen LogP) is 3.84. The molecule has 3 rings (SSSR count). The van der Waals surface area contributed by atoms with Crippen LogP contribution >= 0.6 is 11.3 Å². The molecule has 2 aromatic rings. The molecule has 1 fully saturated rings. The topological polar surface area (TPSA) is 84.2 Å². The average Bonchev–Trinajstić information content (AvgIpc) is 3.25. The monoisotopic (exact) mass is 391 g/mol. The second kappa shape index (κ2) is 9.41. The van der Waals surface area contributed by atoms with Gasteiger partial charge in [0.05, 0.1) is 5.69 Å². The van der Waals surface area contributed by atoms with Crippen LogP contribution < -0.4 is 5.32 Å². The molecule has 0 bridgehead atoms. The largest absolute Gasteiger partial charge is 0.339 e. The number of aryl methyl sites for hydroxylation is 1. The SMILES string of the molecule is CC1CCCN(Cc2csc(NC(=O)CCCc3nc(C(C)C)no3)n2)C1. The molecule has 1 amide bonds. The predicted molar refractivity (Wildman–Crippen MR) is 106 cm³/mol. The van der Waals surface area contributed by atoms with Crippen molar-refractivity contribution in [3.05, 3.63) is 22.8 Å². The zero-order valence-corrected chi connectivity index (χ0v) is 17.2. The number of nitrogens with zero attached hydrogens (tertiary/aromatic N) is 4. The first kappa shape index (κ1) is 19.9. The fraction of sp³-hybridized carbons (Fsp3) is 0.684. The lowest BCUT2D eigenvalue weighted by molar-refractivity contribution is -0.116. The molecule has 1 saturated heterocycles. The summed E-state index contributed by atoms with van der Waals surface area (Å²) in [6, 6.07) is 0. The summed E-state index contributed by atoms with van der Waals surface area (Å²) in [5, 5.41) is 9.56. The maximum absolute atomic E-state index is 12.1. The molecule has 148 valence electrons. The van der Waals surface area contributed by atoms with Crippen LogP contribution in [-0.2, 0) is 17.8 Å². The summed E-state index contributed by atoms with van der Waals surface area (Å²) < 4.78 is 5.20. The van der Waals surface area contributed by atoms with E-state index in [0.29, 0.717) is 36.1 Å². The van der Waals surface area contributed by atoms with Gasteiger partial charge in [0.1, 0.15) is 0 Å².